The van der Waals surface area contributed by atoms with Gasteiger partial charge in [0.05, 0.1) is 0 Å². The first kappa shape index (κ1) is 16.6. The molecule has 1 rings (SSSR count). The minimum atomic E-state index is -0.827. The largest absolute Gasteiger partial charge is 0.491 e. The molecule has 2 N–H and O–H groups in total. The fourth-order valence-corrected chi connectivity index (χ4v) is 2.76. The molecule has 0 spiro atoms. The van der Waals surface area contributed by atoms with Crippen molar-refractivity contribution in [2.24, 2.45) is 0 Å². The van der Waals surface area contributed by atoms with E-state index in [4.69, 9.17) is 4.74 Å². The predicted molar refractivity (Wildman–Crippen MR) is 82.0 cm³/mol. The van der Waals surface area contributed by atoms with Crippen LogP contribution < -0.4 is 10.1 Å². The number of hydrogen-bond donors (Lipinski definition) is 2. The fourth-order valence-electron chi connectivity index (χ4n) is 1.56. The van der Waals surface area contributed by atoms with Crippen LogP contribution in [0.15, 0.2) is 28.7 Å². The monoisotopic (exact) mass is 349 g/mol. The van der Waals surface area contributed by atoms with Gasteiger partial charge in [-0.2, -0.15) is 0 Å². The summed E-state index contributed by atoms with van der Waals surface area (Å²) in [6.45, 7) is 2.60. The first-order chi connectivity index (χ1) is 8.97. The van der Waals surface area contributed by atoms with E-state index in [0.717, 1.165) is 10.2 Å². The summed E-state index contributed by atoms with van der Waals surface area (Å²) in [6, 6.07) is 7.60. The molecule has 3 unspecified atom stereocenters. The SMILES string of the molecule is CC(CS(C)=O)NCC(O)COc1cccc(Br)c1. The summed E-state index contributed by atoms with van der Waals surface area (Å²) in [6.07, 6.45) is 1.08. The van der Waals surface area contributed by atoms with Crippen LogP contribution in [0.4, 0.5) is 0 Å². The zero-order valence-electron chi connectivity index (χ0n) is 11.1. The summed E-state index contributed by atoms with van der Waals surface area (Å²) in [7, 11) is -0.827. The molecule has 0 amide bonds. The van der Waals surface area contributed by atoms with Crippen LogP contribution in [0.1, 0.15) is 6.92 Å². The number of aliphatic hydroxyl groups is 1. The Hall–Kier alpha value is -0.430. The van der Waals surface area contributed by atoms with Crippen molar-refractivity contribution in [1.82, 2.24) is 5.32 Å². The topological polar surface area (TPSA) is 58.6 Å². The van der Waals surface area contributed by atoms with Crippen LogP contribution in [-0.2, 0) is 10.8 Å². The molecule has 0 saturated carbocycles. The summed E-state index contributed by atoms with van der Waals surface area (Å²) >= 11 is 3.36. The number of hydrogen-bond acceptors (Lipinski definition) is 4. The molecule has 19 heavy (non-hydrogen) atoms. The molecule has 4 nitrogen and oxygen atoms in total. The minimum Gasteiger partial charge on any atom is -0.491 e. The lowest BCUT2D eigenvalue weighted by atomic mass is 10.3. The first-order valence-electron chi connectivity index (χ1n) is 6.07. The fraction of sp³-hybridized carbons (Fsp3) is 0.538. The summed E-state index contributed by atoms with van der Waals surface area (Å²) in [4.78, 5) is 0. The third-order valence-corrected chi connectivity index (χ3v) is 3.89. The van der Waals surface area contributed by atoms with Crippen molar-refractivity contribution < 1.29 is 14.1 Å². The number of rotatable bonds is 8. The number of aliphatic hydroxyl groups excluding tert-OH is 1. The molecule has 0 saturated heterocycles. The predicted octanol–water partition coefficient (Wildman–Crippen LogP) is 1.55. The lowest BCUT2D eigenvalue weighted by Crippen LogP contribution is -2.39. The summed E-state index contributed by atoms with van der Waals surface area (Å²) in [5.74, 6) is 1.30. The number of nitrogens with one attached hydrogen (secondary N) is 1. The van der Waals surface area contributed by atoms with E-state index in [1.165, 1.54) is 0 Å². The molecular weight excluding hydrogens is 330 g/mol. The molecule has 108 valence electrons. The molecule has 0 bridgehead atoms. The number of benzene rings is 1. The average molecular weight is 350 g/mol. The highest BCUT2D eigenvalue weighted by Gasteiger charge is 2.09. The van der Waals surface area contributed by atoms with Gasteiger partial charge >= 0.3 is 0 Å². The molecular formula is C13H20BrNO3S. The Morgan fingerprint density at radius 1 is 1.53 bits per heavy atom. The zero-order chi connectivity index (χ0) is 14.3. The summed E-state index contributed by atoms with van der Waals surface area (Å²) in [5.41, 5.74) is 0. The van der Waals surface area contributed by atoms with Gasteiger partial charge in [0, 0.05) is 39.9 Å². The number of ether oxygens (including phenoxy) is 1. The van der Waals surface area contributed by atoms with E-state index in [1.807, 2.05) is 31.2 Å². The lowest BCUT2D eigenvalue weighted by molar-refractivity contribution is 0.105. The highest BCUT2D eigenvalue weighted by molar-refractivity contribution is 9.10. The van der Waals surface area contributed by atoms with Crippen LogP contribution in [0.5, 0.6) is 5.75 Å². The third-order valence-electron chi connectivity index (χ3n) is 2.43. The van der Waals surface area contributed by atoms with Gasteiger partial charge in [-0.25, -0.2) is 0 Å². The second-order valence-electron chi connectivity index (χ2n) is 4.47. The van der Waals surface area contributed by atoms with Gasteiger partial charge in [-0.1, -0.05) is 22.0 Å². The molecule has 0 heterocycles. The second kappa shape index (κ2) is 8.68. The van der Waals surface area contributed by atoms with Crippen LogP contribution in [0.3, 0.4) is 0 Å². The van der Waals surface area contributed by atoms with Gasteiger partial charge in [-0.3, -0.25) is 4.21 Å². The quantitative estimate of drug-likeness (QED) is 0.747. The Labute approximate surface area is 125 Å². The van der Waals surface area contributed by atoms with Gasteiger partial charge in [-0.05, 0) is 25.1 Å². The Kier molecular flexibility index (Phi) is 7.60. The molecule has 0 aliphatic carbocycles. The van der Waals surface area contributed by atoms with E-state index in [2.05, 4.69) is 21.2 Å². The lowest BCUT2D eigenvalue weighted by Gasteiger charge is -2.17. The van der Waals surface area contributed by atoms with Gasteiger partial charge < -0.3 is 15.2 Å². The Morgan fingerprint density at radius 2 is 2.26 bits per heavy atom. The van der Waals surface area contributed by atoms with Gasteiger partial charge in [0.25, 0.3) is 0 Å². The van der Waals surface area contributed by atoms with Gasteiger partial charge in [0.1, 0.15) is 18.5 Å². The molecule has 1 aromatic carbocycles. The molecule has 0 aromatic heterocycles. The summed E-state index contributed by atoms with van der Waals surface area (Å²) in [5, 5.41) is 12.9. The van der Waals surface area contributed by atoms with Gasteiger partial charge in [-0.15, -0.1) is 0 Å². The van der Waals surface area contributed by atoms with E-state index >= 15 is 0 Å². The van der Waals surface area contributed by atoms with Crippen molar-refractivity contribution in [1.29, 1.82) is 0 Å². The van der Waals surface area contributed by atoms with Crippen LogP contribution in [0.25, 0.3) is 0 Å². The summed E-state index contributed by atoms with van der Waals surface area (Å²) < 4.78 is 17.4. The van der Waals surface area contributed by atoms with E-state index in [9.17, 15) is 9.32 Å². The first-order valence-corrected chi connectivity index (χ1v) is 8.59. The maximum Gasteiger partial charge on any atom is 0.120 e. The van der Waals surface area contributed by atoms with Crippen LogP contribution in [0, 0.1) is 0 Å². The minimum absolute atomic E-state index is 0.117. The van der Waals surface area contributed by atoms with Crippen molar-refractivity contribution in [3.05, 3.63) is 28.7 Å². The van der Waals surface area contributed by atoms with Crippen molar-refractivity contribution >= 4 is 26.7 Å². The third kappa shape index (κ3) is 7.67. The number of halogens is 1. The molecule has 0 aliphatic heterocycles. The maximum atomic E-state index is 11.0. The van der Waals surface area contributed by atoms with Crippen molar-refractivity contribution in [3.8, 4) is 5.75 Å². The van der Waals surface area contributed by atoms with E-state index in [1.54, 1.807) is 6.26 Å². The average Bonchev–Trinajstić information content (AvgIpc) is 2.33. The molecule has 6 heteroatoms. The van der Waals surface area contributed by atoms with Gasteiger partial charge in [0.15, 0.2) is 0 Å². The Bertz CT molecular complexity index is 417. The molecule has 0 aliphatic rings. The second-order valence-corrected chi connectivity index (χ2v) is 6.87. The van der Waals surface area contributed by atoms with Crippen LogP contribution >= 0.6 is 15.9 Å². The molecule has 0 radical (unpaired) electrons. The normalized spacial score (nSPS) is 15.8. The smallest absolute Gasteiger partial charge is 0.120 e. The highest BCUT2D eigenvalue weighted by atomic mass is 79.9. The maximum absolute atomic E-state index is 11.0. The molecule has 0 fully saturated rings. The van der Waals surface area contributed by atoms with E-state index < -0.39 is 16.9 Å². The Morgan fingerprint density at radius 3 is 2.89 bits per heavy atom. The van der Waals surface area contributed by atoms with E-state index in [-0.39, 0.29) is 12.6 Å². The zero-order valence-corrected chi connectivity index (χ0v) is 13.5. The highest BCUT2D eigenvalue weighted by Crippen LogP contribution is 2.17. The van der Waals surface area contributed by atoms with E-state index in [0.29, 0.717) is 12.3 Å². The van der Waals surface area contributed by atoms with Crippen molar-refractivity contribution in [2.75, 3.05) is 25.2 Å². The molecule has 1 aromatic rings. The molecule has 3 atom stereocenters. The van der Waals surface area contributed by atoms with Crippen molar-refractivity contribution in [2.45, 2.75) is 19.1 Å². The standard InChI is InChI=1S/C13H20BrNO3S/c1-10(9-19(2)17)15-7-12(16)8-18-13-5-3-4-11(14)6-13/h3-6,10,12,15-16H,7-9H2,1-2H3. The Balaban J connectivity index is 2.24. The van der Waals surface area contributed by atoms with Crippen LogP contribution in [0.2, 0.25) is 0 Å². The van der Waals surface area contributed by atoms with Gasteiger partial charge in [0.2, 0.25) is 0 Å². The van der Waals surface area contributed by atoms with Crippen LogP contribution in [-0.4, -0.2) is 46.6 Å². The van der Waals surface area contributed by atoms with Crippen molar-refractivity contribution in [3.63, 3.8) is 0 Å².